The fourth-order valence-electron chi connectivity index (χ4n) is 7.41. The fraction of sp³-hybridized carbons (Fsp3) is 0.667. The van der Waals surface area contributed by atoms with Gasteiger partial charge in [-0.05, 0) is 67.4 Å². The quantitative estimate of drug-likeness (QED) is 0.633. The van der Waals surface area contributed by atoms with Crippen LogP contribution in [0.15, 0.2) is 36.0 Å². The van der Waals surface area contributed by atoms with E-state index in [9.17, 15) is 19.8 Å². The maximum absolute atomic E-state index is 11.9. The van der Waals surface area contributed by atoms with Crippen LogP contribution in [-0.2, 0) is 9.59 Å². The van der Waals surface area contributed by atoms with Crippen molar-refractivity contribution in [3.8, 4) is 0 Å². The number of allylic oxidation sites excluding steroid dienone is 4. The lowest BCUT2D eigenvalue weighted by atomic mass is 9.46. The number of carbonyl (C=O) groups excluding carboxylic acids is 1. The predicted octanol–water partition coefficient (Wildman–Crippen LogP) is 3.13. The van der Waals surface area contributed by atoms with Gasteiger partial charge in [-0.3, -0.25) is 4.79 Å². The van der Waals surface area contributed by atoms with Crippen molar-refractivity contribution in [1.29, 1.82) is 0 Å². The summed E-state index contributed by atoms with van der Waals surface area (Å²) in [6.45, 7) is 6.32. The van der Waals surface area contributed by atoms with Crippen LogP contribution in [0.5, 0.6) is 0 Å². The SMILES string of the molecule is C[C@H](C=CC(=O)O)[C@H]1CC[C@H]2[C@@H]3[C@H](O)CC4=CC(=O)C=C[C@]4(C)[C@H]3C[C@H](O)[C@]12C. The second kappa shape index (κ2) is 6.92. The molecule has 0 saturated heterocycles. The van der Waals surface area contributed by atoms with E-state index >= 15 is 0 Å². The van der Waals surface area contributed by atoms with Crippen molar-refractivity contribution >= 4 is 11.8 Å². The summed E-state index contributed by atoms with van der Waals surface area (Å²) in [6, 6.07) is 0. The highest BCUT2D eigenvalue weighted by atomic mass is 16.4. The summed E-state index contributed by atoms with van der Waals surface area (Å²) in [7, 11) is 0. The maximum atomic E-state index is 11.9. The molecule has 4 aliphatic carbocycles. The Morgan fingerprint density at radius 1 is 1.24 bits per heavy atom. The van der Waals surface area contributed by atoms with Gasteiger partial charge in [0.25, 0.3) is 0 Å². The van der Waals surface area contributed by atoms with Crippen molar-refractivity contribution < 1.29 is 24.9 Å². The van der Waals surface area contributed by atoms with Gasteiger partial charge in [0.1, 0.15) is 0 Å². The molecule has 0 unspecified atom stereocenters. The molecule has 4 rings (SSSR count). The molecule has 3 N–H and O–H groups in total. The Hall–Kier alpha value is -1.72. The van der Waals surface area contributed by atoms with Crippen LogP contribution in [0.25, 0.3) is 0 Å². The van der Waals surface area contributed by atoms with Gasteiger partial charge in [0.05, 0.1) is 12.2 Å². The molecular weight excluding hydrogens is 368 g/mol. The number of rotatable bonds is 3. The van der Waals surface area contributed by atoms with Gasteiger partial charge < -0.3 is 15.3 Å². The summed E-state index contributed by atoms with van der Waals surface area (Å²) in [4.78, 5) is 22.9. The molecule has 0 heterocycles. The summed E-state index contributed by atoms with van der Waals surface area (Å²) in [6.07, 6.45) is 10.2. The molecule has 9 atom stereocenters. The minimum atomic E-state index is -0.950. The zero-order chi connectivity index (χ0) is 21.1. The third kappa shape index (κ3) is 2.97. The minimum Gasteiger partial charge on any atom is -0.478 e. The maximum Gasteiger partial charge on any atom is 0.327 e. The average Bonchev–Trinajstić information content (AvgIpc) is 3.01. The molecule has 0 spiro atoms. The number of ketones is 1. The Balaban J connectivity index is 1.69. The van der Waals surface area contributed by atoms with Crippen LogP contribution in [0.3, 0.4) is 0 Å². The zero-order valence-corrected chi connectivity index (χ0v) is 17.4. The van der Waals surface area contributed by atoms with Crippen LogP contribution < -0.4 is 0 Å². The highest BCUT2D eigenvalue weighted by Gasteiger charge is 2.64. The Kier molecular flexibility index (Phi) is 4.90. The predicted molar refractivity (Wildman–Crippen MR) is 109 cm³/mol. The number of carbonyl (C=O) groups is 2. The largest absolute Gasteiger partial charge is 0.478 e. The Bertz CT molecular complexity index is 810. The first-order valence-electron chi connectivity index (χ1n) is 10.8. The number of fused-ring (bicyclic) bond motifs is 5. The fourth-order valence-corrected chi connectivity index (χ4v) is 7.41. The first-order valence-corrected chi connectivity index (χ1v) is 10.8. The first kappa shape index (κ1) is 20.5. The third-order valence-corrected chi connectivity index (χ3v) is 8.93. The number of aliphatic hydroxyl groups excluding tert-OH is 2. The molecule has 0 aromatic rings. The van der Waals surface area contributed by atoms with E-state index in [0.29, 0.717) is 12.8 Å². The van der Waals surface area contributed by atoms with Crippen molar-refractivity contribution in [2.75, 3.05) is 0 Å². The molecule has 3 fully saturated rings. The lowest BCUT2D eigenvalue weighted by molar-refractivity contribution is -0.157. The molecule has 29 heavy (non-hydrogen) atoms. The number of carboxylic acids is 1. The van der Waals surface area contributed by atoms with E-state index < -0.39 is 18.2 Å². The van der Waals surface area contributed by atoms with Crippen molar-refractivity contribution in [3.05, 3.63) is 36.0 Å². The molecule has 0 bridgehead atoms. The monoisotopic (exact) mass is 400 g/mol. The van der Waals surface area contributed by atoms with E-state index in [4.69, 9.17) is 5.11 Å². The Morgan fingerprint density at radius 2 is 1.97 bits per heavy atom. The normalized spacial score (nSPS) is 47.3. The van der Waals surface area contributed by atoms with Gasteiger partial charge in [-0.2, -0.15) is 0 Å². The van der Waals surface area contributed by atoms with E-state index in [2.05, 4.69) is 13.8 Å². The molecule has 0 amide bonds. The standard InChI is InChI=1S/C24H32O5/c1-13(4-7-21(28)29)16-5-6-17-22-18(12-20(27)24(16,17)3)23(2)9-8-15(25)10-14(23)11-19(22)26/h4,7-10,13,16-20,22,26-27H,5-6,11-12H2,1-3H3,(H,28,29)/t13-,16-,17+,18+,19-,20+,22+,23+,24-/m1/s1. The van der Waals surface area contributed by atoms with Gasteiger partial charge in [0.2, 0.25) is 0 Å². The molecule has 5 heteroatoms. The van der Waals surface area contributed by atoms with Crippen LogP contribution >= 0.6 is 0 Å². The van der Waals surface area contributed by atoms with Crippen LogP contribution in [-0.4, -0.2) is 39.3 Å². The Morgan fingerprint density at radius 3 is 2.66 bits per heavy atom. The molecule has 0 radical (unpaired) electrons. The van der Waals surface area contributed by atoms with Gasteiger partial charge in [0.15, 0.2) is 5.78 Å². The lowest BCUT2D eigenvalue weighted by Crippen LogP contribution is -2.59. The number of aliphatic hydroxyl groups is 2. The van der Waals surface area contributed by atoms with Gasteiger partial charge in [-0.1, -0.05) is 38.5 Å². The van der Waals surface area contributed by atoms with Crippen LogP contribution in [0, 0.1) is 40.4 Å². The van der Waals surface area contributed by atoms with Gasteiger partial charge in [-0.25, -0.2) is 4.79 Å². The summed E-state index contributed by atoms with van der Waals surface area (Å²) >= 11 is 0. The van der Waals surface area contributed by atoms with Crippen LogP contribution in [0.1, 0.15) is 46.5 Å². The zero-order valence-electron chi connectivity index (χ0n) is 17.4. The minimum absolute atomic E-state index is 0.0238. The van der Waals surface area contributed by atoms with Crippen molar-refractivity contribution in [2.45, 2.75) is 58.7 Å². The molecule has 5 nitrogen and oxygen atoms in total. The van der Waals surface area contributed by atoms with Crippen LogP contribution in [0.2, 0.25) is 0 Å². The van der Waals surface area contributed by atoms with Crippen molar-refractivity contribution in [2.24, 2.45) is 40.4 Å². The third-order valence-electron chi connectivity index (χ3n) is 8.93. The molecule has 158 valence electrons. The summed E-state index contributed by atoms with van der Waals surface area (Å²) < 4.78 is 0. The molecule has 0 aliphatic heterocycles. The van der Waals surface area contributed by atoms with Gasteiger partial charge >= 0.3 is 5.97 Å². The summed E-state index contributed by atoms with van der Waals surface area (Å²) in [5, 5.41) is 31.5. The van der Waals surface area contributed by atoms with E-state index in [-0.39, 0.29) is 46.2 Å². The lowest BCUT2D eigenvalue weighted by Gasteiger charge is -2.60. The van der Waals surface area contributed by atoms with Gasteiger partial charge in [-0.15, -0.1) is 0 Å². The topological polar surface area (TPSA) is 94.8 Å². The number of hydrogen-bond acceptors (Lipinski definition) is 4. The molecule has 3 saturated carbocycles. The molecule has 4 aliphatic rings. The second-order valence-electron chi connectivity index (χ2n) is 10.1. The first-order chi connectivity index (χ1) is 13.6. The van der Waals surface area contributed by atoms with E-state index in [0.717, 1.165) is 18.4 Å². The van der Waals surface area contributed by atoms with Gasteiger partial charge in [0, 0.05) is 16.9 Å². The van der Waals surface area contributed by atoms with Crippen LogP contribution in [0.4, 0.5) is 0 Å². The highest BCUT2D eigenvalue weighted by Crippen LogP contribution is 2.66. The average molecular weight is 401 g/mol. The molecular formula is C24H32O5. The number of hydrogen-bond donors (Lipinski definition) is 3. The van der Waals surface area contributed by atoms with E-state index in [1.54, 1.807) is 18.2 Å². The smallest absolute Gasteiger partial charge is 0.327 e. The number of carboxylic acid groups (broad SMARTS) is 1. The molecule has 0 aromatic carbocycles. The van der Waals surface area contributed by atoms with E-state index in [1.165, 1.54) is 6.08 Å². The number of aliphatic carboxylic acids is 1. The highest BCUT2D eigenvalue weighted by molar-refractivity contribution is 6.01. The second-order valence-corrected chi connectivity index (χ2v) is 10.1. The summed E-state index contributed by atoms with van der Waals surface area (Å²) in [5.74, 6) is -0.395. The van der Waals surface area contributed by atoms with Crippen molar-refractivity contribution in [1.82, 2.24) is 0 Å². The molecule has 0 aromatic heterocycles. The Labute approximate surface area is 172 Å². The van der Waals surface area contributed by atoms with E-state index in [1.807, 2.05) is 13.0 Å². The summed E-state index contributed by atoms with van der Waals surface area (Å²) in [5.41, 5.74) is 0.338. The van der Waals surface area contributed by atoms with Crippen molar-refractivity contribution in [3.63, 3.8) is 0 Å².